The van der Waals surface area contributed by atoms with E-state index in [1.165, 1.54) is 35.2 Å². The summed E-state index contributed by atoms with van der Waals surface area (Å²) in [6.07, 6.45) is 9.35. The van der Waals surface area contributed by atoms with Crippen molar-refractivity contribution in [3.05, 3.63) is 46.7 Å². The fraction of sp³-hybridized carbons (Fsp3) is 0.542. The van der Waals surface area contributed by atoms with Gasteiger partial charge in [-0.1, -0.05) is 26.0 Å². The van der Waals surface area contributed by atoms with Crippen molar-refractivity contribution in [3.63, 3.8) is 0 Å². The van der Waals surface area contributed by atoms with E-state index in [1.54, 1.807) is 0 Å². The van der Waals surface area contributed by atoms with E-state index >= 15 is 0 Å². The van der Waals surface area contributed by atoms with Crippen LogP contribution in [0.2, 0.25) is 0 Å². The van der Waals surface area contributed by atoms with Gasteiger partial charge in [0.25, 0.3) is 0 Å². The lowest BCUT2D eigenvalue weighted by Gasteiger charge is -2.34. The highest BCUT2D eigenvalue weighted by Gasteiger charge is 2.28. The maximum absolute atomic E-state index is 4.80. The number of aryl methyl sites for hydroxylation is 1. The fourth-order valence-electron chi connectivity index (χ4n) is 4.23. The maximum Gasteiger partial charge on any atom is 0.109 e. The molecule has 2 N–H and O–H groups in total. The van der Waals surface area contributed by atoms with Gasteiger partial charge >= 0.3 is 0 Å². The van der Waals surface area contributed by atoms with Gasteiger partial charge in [0, 0.05) is 26.3 Å². The Balaban J connectivity index is 1.88. The van der Waals surface area contributed by atoms with E-state index in [-0.39, 0.29) is 0 Å². The second kappa shape index (κ2) is 8.42. The minimum Gasteiger partial charge on any atom is -0.386 e. The van der Waals surface area contributed by atoms with Gasteiger partial charge in [0.1, 0.15) is 5.71 Å². The molecule has 0 radical (unpaired) electrons. The second-order valence-corrected chi connectivity index (χ2v) is 8.97. The monoisotopic (exact) mass is 380 g/mol. The van der Waals surface area contributed by atoms with E-state index in [9.17, 15) is 0 Å². The Morgan fingerprint density at radius 2 is 2.18 bits per heavy atom. The number of allylic oxidation sites excluding steroid dienone is 1. The minimum absolute atomic E-state index is 0.345. The van der Waals surface area contributed by atoms with Gasteiger partial charge < -0.3 is 15.6 Å². The SMILES string of the molecule is CCN(C)c1ccc(/C=C(\NC)C2=NNC3C=C2CCCC(C)(C)C3)c(C)c1. The summed E-state index contributed by atoms with van der Waals surface area (Å²) in [6.45, 7) is 10.1. The third-order valence-corrected chi connectivity index (χ3v) is 6.11. The smallest absolute Gasteiger partial charge is 0.109 e. The third kappa shape index (κ3) is 4.60. The van der Waals surface area contributed by atoms with Crippen LogP contribution in [0, 0.1) is 12.3 Å². The molecule has 2 aliphatic rings. The van der Waals surface area contributed by atoms with E-state index in [1.807, 2.05) is 7.05 Å². The lowest BCUT2D eigenvalue weighted by molar-refractivity contribution is 0.267. The number of nitrogens with one attached hydrogen (secondary N) is 2. The zero-order valence-corrected chi connectivity index (χ0v) is 18.4. The molecule has 2 bridgehead atoms. The molecule has 28 heavy (non-hydrogen) atoms. The first-order valence-corrected chi connectivity index (χ1v) is 10.6. The summed E-state index contributed by atoms with van der Waals surface area (Å²) in [5.74, 6) is 0. The Bertz CT molecular complexity index is 801. The zero-order chi connectivity index (χ0) is 20.3. The molecule has 1 aliphatic heterocycles. The van der Waals surface area contributed by atoms with Crippen molar-refractivity contribution in [3.8, 4) is 0 Å². The van der Waals surface area contributed by atoms with Crippen molar-refractivity contribution in [1.82, 2.24) is 10.7 Å². The second-order valence-electron chi connectivity index (χ2n) is 8.97. The third-order valence-electron chi connectivity index (χ3n) is 6.11. The van der Waals surface area contributed by atoms with Crippen LogP contribution in [0.5, 0.6) is 0 Å². The molecule has 0 amide bonds. The van der Waals surface area contributed by atoms with E-state index in [4.69, 9.17) is 5.10 Å². The molecule has 1 heterocycles. The Kier molecular flexibility index (Phi) is 6.17. The van der Waals surface area contributed by atoms with Crippen molar-refractivity contribution >= 4 is 17.5 Å². The molecule has 0 saturated heterocycles. The largest absolute Gasteiger partial charge is 0.386 e. The Morgan fingerprint density at radius 1 is 1.39 bits per heavy atom. The molecule has 1 aromatic carbocycles. The van der Waals surface area contributed by atoms with E-state index in [0.717, 1.165) is 30.8 Å². The molecule has 0 spiro atoms. The Morgan fingerprint density at radius 3 is 2.86 bits per heavy atom. The van der Waals surface area contributed by atoms with Crippen LogP contribution in [0.1, 0.15) is 57.6 Å². The standard InChI is InChI=1S/C24H36N4/c1-7-28(6)21-11-10-18(17(2)13-21)15-22(25-5)23-19-9-8-12-24(3,4)16-20(14-19)26-27-23/h10-11,13-15,20,25-26H,7-9,12,16H2,1-6H3/b22-15-. The molecular weight excluding hydrogens is 344 g/mol. The Hall–Kier alpha value is -2.23. The summed E-state index contributed by atoms with van der Waals surface area (Å²) in [4.78, 5) is 2.26. The predicted molar refractivity (Wildman–Crippen MR) is 122 cm³/mol. The summed E-state index contributed by atoms with van der Waals surface area (Å²) < 4.78 is 0. The molecule has 4 heteroatoms. The number of rotatable bonds is 5. The number of fused-ring (bicyclic) bond motifs is 1. The molecule has 0 aromatic heterocycles. The number of benzene rings is 1. The molecule has 1 aromatic rings. The van der Waals surface area contributed by atoms with Crippen LogP contribution in [0.3, 0.4) is 0 Å². The number of hydrogen-bond acceptors (Lipinski definition) is 4. The first-order valence-electron chi connectivity index (χ1n) is 10.6. The van der Waals surface area contributed by atoms with Crippen LogP contribution >= 0.6 is 0 Å². The number of hydrogen-bond donors (Lipinski definition) is 2. The van der Waals surface area contributed by atoms with Crippen molar-refractivity contribution in [2.75, 3.05) is 25.5 Å². The highest BCUT2D eigenvalue weighted by Crippen LogP contribution is 2.35. The lowest BCUT2D eigenvalue weighted by Crippen LogP contribution is -2.36. The maximum atomic E-state index is 4.80. The Labute approximate surface area is 170 Å². The van der Waals surface area contributed by atoms with E-state index in [0.29, 0.717) is 11.5 Å². The van der Waals surface area contributed by atoms with Gasteiger partial charge in [-0.2, -0.15) is 5.10 Å². The van der Waals surface area contributed by atoms with E-state index < -0.39 is 0 Å². The number of anilines is 1. The van der Waals surface area contributed by atoms with Crippen molar-refractivity contribution in [2.24, 2.45) is 10.5 Å². The average Bonchev–Trinajstić information content (AvgIpc) is 2.65. The summed E-state index contributed by atoms with van der Waals surface area (Å²) in [5, 5.41) is 8.19. The molecular formula is C24H36N4. The van der Waals surface area contributed by atoms with Gasteiger partial charge in [-0.05, 0) is 79.9 Å². The highest BCUT2D eigenvalue weighted by molar-refractivity contribution is 6.14. The summed E-state index contributed by atoms with van der Waals surface area (Å²) in [7, 11) is 4.12. The van der Waals surface area contributed by atoms with Gasteiger partial charge in [0.05, 0.1) is 11.7 Å². The molecule has 1 unspecified atom stereocenters. The van der Waals surface area contributed by atoms with Crippen LogP contribution in [0.15, 0.2) is 40.6 Å². The molecule has 1 aliphatic carbocycles. The number of hydrazone groups is 1. The van der Waals surface area contributed by atoms with Crippen molar-refractivity contribution in [2.45, 2.75) is 59.4 Å². The lowest BCUT2D eigenvalue weighted by atomic mass is 9.77. The van der Waals surface area contributed by atoms with Gasteiger partial charge in [-0.3, -0.25) is 0 Å². The number of nitrogens with zero attached hydrogens (tertiary/aromatic N) is 2. The van der Waals surface area contributed by atoms with Crippen LogP contribution in [-0.4, -0.2) is 32.4 Å². The quantitative estimate of drug-likeness (QED) is 0.766. The first-order chi connectivity index (χ1) is 13.3. The van der Waals surface area contributed by atoms with Gasteiger partial charge in [0.2, 0.25) is 0 Å². The molecule has 3 rings (SSSR count). The first kappa shape index (κ1) is 20.5. The van der Waals surface area contributed by atoms with E-state index in [2.05, 4.69) is 80.7 Å². The fourth-order valence-corrected chi connectivity index (χ4v) is 4.23. The van der Waals surface area contributed by atoms with Crippen LogP contribution in [-0.2, 0) is 0 Å². The van der Waals surface area contributed by atoms with Gasteiger partial charge in [-0.15, -0.1) is 0 Å². The molecule has 4 nitrogen and oxygen atoms in total. The molecule has 1 atom stereocenters. The highest BCUT2D eigenvalue weighted by atomic mass is 15.3. The van der Waals surface area contributed by atoms with Crippen LogP contribution in [0.4, 0.5) is 5.69 Å². The molecule has 0 fully saturated rings. The summed E-state index contributed by atoms with van der Waals surface area (Å²) in [5.41, 5.74) is 11.1. The van der Waals surface area contributed by atoms with Crippen molar-refractivity contribution < 1.29 is 0 Å². The van der Waals surface area contributed by atoms with Gasteiger partial charge in [0.15, 0.2) is 0 Å². The van der Waals surface area contributed by atoms with Gasteiger partial charge in [-0.25, -0.2) is 0 Å². The normalized spacial score (nSPS) is 21.6. The van der Waals surface area contributed by atoms with Crippen molar-refractivity contribution in [1.29, 1.82) is 0 Å². The predicted octanol–water partition coefficient (Wildman–Crippen LogP) is 4.87. The zero-order valence-electron chi connectivity index (χ0n) is 18.4. The topological polar surface area (TPSA) is 39.7 Å². The molecule has 152 valence electrons. The summed E-state index contributed by atoms with van der Waals surface area (Å²) >= 11 is 0. The minimum atomic E-state index is 0.345. The van der Waals surface area contributed by atoms with Crippen LogP contribution < -0.4 is 15.6 Å². The molecule has 0 saturated carbocycles. The summed E-state index contributed by atoms with van der Waals surface area (Å²) in [6, 6.07) is 7.02. The average molecular weight is 381 g/mol. The van der Waals surface area contributed by atoms with Crippen LogP contribution in [0.25, 0.3) is 6.08 Å².